The van der Waals surface area contributed by atoms with E-state index in [0.717, 1.165) is 19.3 Å². The van der Waals surface area contributed by atoms with Gasteiger partial charge in [-0.25, -0.2) is 4.79 Å². The predicted molar refractivity (Wildman–Crippen MR) is 122 cm³/mol. The van der Waals surface area contributed by atoms with Crippen molar-refractivity contribution in [1.29, 1.82) is 0 Å². The summed E-state index contributed by atoms with van der Waals surface area (Å²) in [4.78, 5) is 33.4. The largest absolute Gasteiger partial charge is 0.464 e. The average Bonchev–Trinajstić information content (AvgIpc) is 2.73. The van der Waals surface area contributed by atoms with E-state index in [-0.39, 0.29) is 12.5 Å². The molecule has 0 fully saturated rings. The molecule has 0 aliphatic rings. The number of hydrogen-bond acceptors (Lipinski definition) is 4. The molecule has 0 saturated heterocycles. The van der Waals surface area contributed by atoms with Gasteiger partial charge in [-0.3, -0.25) is 9.59 Å². The summed E-state index contributed by atoms with van der Waals surface area (Å²) in [6.45, 7) is 4.03. The highest BCUT2D eigenvalue weighted by atomic mass is 16.5. The molecule has 0 aliphatic carbocycles. The first-order valence-corrected chi connectivity index (χ1v) is 12.2. The average molecular weight is 427 g/mol. The molecule has 2 N–H and O–H groups in total. The van der Waals surface area contributed by atoms with Crippen molar-refractivity contribution in [3.8, 4) is 0 Å². The number of hydrogen-bond donors (Lipinski definition) is 2. The number of carbonyl (C=O) groups excluding carboxylic acids is 3. The molecule has 6 heteroatoms. The van der Waals surface area contributed by atoms with Gasteiger partial charge in [-0.2, -0.15) is 0 Å². The standard InChI is InChI=1S/C24H46N2O4/c1-3-4-5-6-7-8-9-10-11-12-13-14-15-16-17-18-19-30-24(29)23(26-21-27)20-25-22(2)28/h21,23H,3-20H2,1-2H3,(H,25,28)(H,26,27). The SMILES string of the molecule is CCCCCCCCCCCCCCCCCCOC(=O)C(CNC(C)=O)NC=O. The Bertz CT molecular complexity index is 429. The summed E-state index contributed by atoms with van der Waals surface area (Å²) in [7, 11) is 0. The van der Waals surface area contributed by atoms with Crippen molar-refractivity contribution in [2.75, 3.05) is 13.2 Å². The van der Waals surface area contributed by atoms with Crippen LogP contribution < -0.4 is 10.6 Å². The third-order valence-corrected chi connectivity index (χ3v) is 5.35. The van der Waals surface area contributed by atoms with Gasteiger partial charge in [0.2, 0.25) is 12.3 Å². The second-order valence-electron chi connectivity index (χ2n) is 8.24. The minimum atomic E-state index is -0.826. The smallest absolute Gasteiger partial charge is 0.330 e. The second kappa shape index (κ2) is 22.1. The lowest BCUT2D eigenvalue weighted by Gasteiger charge is -2.15. The Morgan fingerprint density at radius 3 is 1.60 bits per heavy atom. The normalized spacial score (nSPS) is 11.7. The van der Waals surface area contributed by atoms with Gasteiger partial charge < -0.3 is 15.4 Å². The molecule has 30 heavy (non-hydrogen) atoms. The Labute approximate surface area is 184 Å². The predicted octanol–water partition coefficient (Wildman–Crippen LogP) is 5.04. The quantitative estimate of drug-likeness (QED) is 0.144. The van der Waals surface area contributed by atoms with Crippen LogP contribution in [0.15, 0.2) is 0 Å². The van der Waals surface area contributed by atoms with Gasteiger partial charge in [-0.05, 0) is 6.42 Å². The van der Waals surface area contributed by atoms with Gasteiger partial charge in [-0.1, -0.05) is 103 Å². The molecule has 0 saturated carbocycles. The van der Waals surface area contributed by atoms with Gasteiger partial charge >= 0.3 is 5.97 Å². The summed E-state index contributed by atoms with van der Waals surface area (Å²) in [5.74, 6) is -0.755. The van der Waals surface area contributed by atoms with E-state index in [1.165, 1.54) is 90.4 Å². The molecule has 6 nitrogen and oxygen atoms in total. The molecule has 1 unspecified atom stereocenters. The van der Waals surface area contributed by atoms with Crippen molar-refractivity contribution in [2.45, 2.75) is 123 Å². The van der Waals surface area contributed by atoms with Crippen LogP contribution in [0.1, 0.15) is 117 Å². The van der Waals surface area contributed by atoms with Crippen LogP contribution in [0, 0.1) is 0 Å². The Hall–Kier alpha value is -1.59. The lowest BCUT2D eigenvalue weighted by Crippen LogP contribution is -2.46. The first-order valence-electron chi connectivity index (χ1n) is 12.2. The van der Waals surface area contributed by atoms with Crippen LogP contribution >= 0.6 is 0 Å². The Morgan fingerprint density at radius 1 is 0.767 bits per heavy atom. The Kier molecular flexibility index (Phi) is 20.9. The lowest BCUT2D eigenvalue weighted by atomic mass is 10.0. The Balaban J connectivity index is 3.39. The summed E-state index contributed by atoms with van der Waals surface area (Å²) >= 11 is 0. The molecule has 0 bridgehead atoms. The lowest BCUT2D eigenvalue weighted by molar-refractivity contribution is -0.147. The molecule has 176 valence electrons. The highest BCUT2D eigenvalue weighted by Crippen LogP contribution is 2.13. The highest BCUT2D eigenvalue weighted by Gasteiger charge is 2.19. The molecule has 0 aromatic carbocycles. The van der Waals surface area contributed by atoms with Crippen molar-refractivity contribution in [1.82, 2.24) is 10.6 Å². The minimum Gasteiger partial charge on any atom is -0.464 e. The van der Waals surface area contributed by atoms with Crippen LogP contribution in [0.3, 0.4) is 0 Å². The van der Waals surface area contributed by atoms with Crippen LogP contribution in [0.2, 0.25) is 0 Å². The second-order valence-corrected chi connectivity index (χ2v) is 8.24. The number of ether oxygens (including phenoxy) is 1. The van der Waals surface area contributed by atoms with Crippen molar-refractivity contribution in [3.63, 3.8) is 0 Å². The van der Waals surface area contributed by atoms with E-state index in [1.54, 1.807) is 0 Å². The van der Waals surface area contributed by atoms with Crippen LogP contribution in [0.25, 0.3) is 0 Å². The Morgan fingerprint density at radius 2 is 1.20 bits per heavy atom. The van der Waals surface area contributed by atoms with Crippen molar-refractivity contribution in [3.05, 3.63) is 0 Å². The molecule has 1 atom stereocenters. The minimum absolute atomic E-state index is 0.0475. The van der Waals surface area contributed by atoms with Crippen LogP contribution in [0.5, 0.6) is 0 Å². The fourth-order valence-corrected chi connectivity index (χ4v) is 3.46. The van der Waals surface area contributed by atoms with E-state index in [2.05, 4.69) is 17.6 Å². The summed E-state index contributed by atoms with van der Waals surface area (Å²) in [6, 6.07) is -0.826. The maximum Gasteiger partial charge on any atom is 0.330 e. The molecular weight excluding hydrogens is 380 g/mol. The number of nitrogens with one attached hydrogen (secondary N) is 2. The van der Waals surface area contributed by atoms with Crippen LogP contribution in [-0.4, -0.2) is 37.5 Å². The molecule has 2 amide bonds. The summed E-state index contributed by atoms with van der Waals surface area (Å²) in [5.41, 5.74) is 0. The van der Waals surface area contributed by atoms with E-state index in [4.69, 9.17) is 4.74 Å². The fourth-order valence-electron chi connectivity index (χ4n) is 3.46. The zero-order valence-electron chi connectivity index (χ0n) is 19.5. The van der Waals surface area contributed by atoms with E-state index in [0.29, 0.717) is 13.0 Å². The molecule has 0 aliphatic heterocycles. The van der Waals surface area contributed by atoms with E-state index >= 15 is 0 Å². The van der Waals surface area contributed by atoms with Crippen LogP contribution in [0.4, 0.5) is 0 Å². The topological polar surface area (TPSA) is 84.5 Å². The fraction of sp³-hybridized carbons (Fsp3) is 0.875. The van der Waals surface area contributed by atoms with E-state index in [1.807, 2.05) is 0 Å². The molecular formula is C24H46N2O4. The number of unbranched alkanes of at least 4 members (excludes halogenated alkanes) is 15. The molecule has 0 spiro atoms. The van der Waals surface area contributed by atoms with Gasteiger partial charge in [-0.15, -0.1) is 0 Å². The molecule has 0 heterocycles. The molecule has 0 aromatic heterocycles. The first-order chi connectivity index (χ1) is 14.6. The van der Waals surface area contributed by atoms with Crippen molar-refractivity contribution in [2.24, 2.45) is 0 Å². The number of esters is 1. The zero-order valence-corrected chi connectivity index (χ0v) is 19.5. The maximum absolute atomic E-state index is 11.9. The first kappa shape index (κ1) is 28.4. The summed E-state index contributed by atoms with van der Waals surface area (Å²) < 4.78 is 5.20. The molecule has 0 radical (unpaired) electrons. The van der Waals surface area contributed by atoms with Crippen molar-refractivity contribution < 1.29 is 19.1 Å². The number of rotatable bonds is 22. The monoisotopic (exact) mass is 426 g/mol. The molecule has 0 rings (SSSR count). The third kappa shape index (κ3) is 19.7. The van der Waals surface area contributed by atoms with Gasteiger partial charge in [0.05, 0.1) is 6.61 Å². The zero-order chi connectivity index (χ0) is 22.3. The van der Waals surface area contributed by atoms with Crippen molar-refractivity contribution >= 4 is 18.3 Å². The van der Waals surface area contributed by atoms with Gasteiger partial charge in [0.15, 0.2) is 0 Å². The third-order valence-electron chi connectivity index (χ3n) is 5.35. The maximum atomic E-state index is 11.9. The number of amides is 2. The summed E-state index contributed by atoms with van der Waals surface area (Å²) in [6.07, 6.45) is 21.2. The highest BCUT2D eigenvalue weighted by molar-refractivity contribution is 5.80. The van der Waals surface area contributed by atoms with Gasteiger partial charge in [0.1, 0.15) is 6.04 Å². The molecule has 0 aromatic rings. The van der Waals surface area contributed by atoms with E-state index in [9.17, 15) is 14.4 Å². The van der Waals surface area contributed by atoms with E-state index < -0.39 is 12.0 Å². The van der Waals surface area contributed by atoms with Gasteiger partial charge in [0, 0.05) is 13.5 Å². The van der Waals surface area contributed by atoms with Gasteiger partial charge in [0.25, 0.3) is 0 Å². The number of carbonyl (C=O) groups is 3. The summed E-state index contributed by atoms with van der Waals surface area (Å²) in [5, 5.41) is 4.88. The van der Waals surface area contributed by atoms with Crippen LogP contribution in [-0.2, 0) is 19.1 Å².